The van der Waals surface area contributed by atoms with Gasteiger partial charge in [-0.1, -0.05) is 6.92 Å². The number of hydrogen-bond acceptors (Lipinski definition) is 4. The van der Waals surface area contributed by atoms with Crippen molar-refractivity contribution in [3.8, 4) is 0 Å². The van der Waals surface area contributed by atoms with Crippen LogP contribution in [0.4, 0.5) is 4.79 Å². The second-order valence-electron chi connectivity index (χ2n) is 6.15. The summed E-state index contributed by atoms with van der Waals surface area (Å²) in [6, 6.07) is -0.231. The summed E-state index contributed by atoms with van der Waals surface area (Å²) < 4.78 is 10.7. The molecule has 2 amide bonds. The number of amides is 2. The number of carboxylic acids is 1. The van der Waals surface area contributed by atoms with E-state index in [9.17, 15) is 9.59 Å². The van der Waals surface area contributed by atoms with Gasteiger partial charge in [0.15, 0.2) is 6.10 Å². The minimum Gasteiger partial charge on any atom is -0.479 e. The Labute approximate surface area is 124 Å². The van der Waals surface area contributed by atoms with E-state index in [2.05, 4.69) is 17.6 Å². The Morgan fingerprint density at radius 2 is 1.95 bits per heavy atom. The molecule has 2 saturated heterocycles. The van der Waals surface area contributed by atoms with Crippen LogP contribution in [0.3, 0.4) is 0 Å². The third-order valence-corrected chi connectivity index (χ3v) is 4.25. The zero-order chi connectivity index (χ0) is 15.3. The van der Waals surface area contributed by atoms with Crippen LogP contribution in [-0.2, 0) is 14.3 Å². The number of aliphatic carboxylic acids is 1. The summed E-state index contributed by atoms with van der Waals surface area (Å²) >= 11 is 0. The van der Waals surface area contributed by atoms with Crippen LogP contribution < -0.4 is 10.6 Å². The molecule has 21 heavy (non-hydrogen) atoms. The Bertz CT molecular complexity index is 382. The number of rotatable bonds is 5. The van der Waals surface area contributed by atoms with E-state index in [1.54, 1.807) is 0 Å². The molecule has 2 unspecified atom stereocenters. The van der Waals surface area contributed by atoms with Crippen LogP contribution in [-0.4, -0.2) is 55.6 Å². The van der Waals surface area contributed by atoms with Crippen molar-refractivity contribution < 1.29 is 24.2 Å². The predicted octanol–water partition coefficient (Wildman–Crippen LogP) is 0.735. The van der Waals surface area contributed by atoms with Gasteiger partial charge in [-0.05, 0) is 31.1 Å². The fourth-order valence-electron chi connectivity index (χ4n) is 2.64. The van der Waals surface area contributed by atoms with Crippen LogP contribution in [0, 0.1) is 5.41 Å². The highest BCUT2D eigenvalue weighted by atomic mass is 16.5. The van der Waals surface area contributed by atoms with Crippen LogP contribution in [0.2, 0.25) is 0 Å². The summed E-state index contributed by atoms with van der Waals surface area (Å²) in [5.74, 6) is -0.936. The van der Waals surface area contributed by atoms with Crippen molar-refractivity contribution in [2.45, 2.75) is 44.8 Å². The van der Waals surface area contributed by atoms with E-state index >= 15 is 0 Å². The van der Waals surface area contributed by atoms with Gasteiger partial charge in [-0.25, -0.2) is 9.59 Å². The van der Waals surface area contributed by atoms with Crippen LogP contribution in [0.25, 0.3) is 0 Å². The number of carbonyl (C=O) groups is 2. The number of hydrogen-bond donors (Lipinski definition) is 3. The molecule has 7 nitrogen and oxygen atoms in total. The van der Waals surface area contributed by atoms with Gasteiger partial charge in [-0.2, -0.15) is 0 Å². The Morgan fingerprint density at radius 3 is 2.57 bits per heavy atom. The fraction of sp³-hybridized carbons (Fsp3) is 0.857. The van der Waals surface area contributed by atoms with Crippen molar-refractivity contribution >= 4 is 12.0 Å². The van der Waals surface area contributed by atoms with E-state index in [0.717, 1.165) is 26.1 Å². The Balaban J connectivity index is 1.63. The third-order valence-electron chi connectivity index (χ3n) is 4.25. The molecular formula is C14H24N2O5. The quantitative estimate of drug-likeness (QED) is 0.695. The zero-order valence-corrected chi connectivity index (χ0v) is 12.4. The van der Waals surface area contributed by atoms with Gasteiger partial charge in [0.05, 0.1) is 6.10 Å². The van der Waals surface area contributed by atoms with Gasteiger partial charge in [0.1, 0.15) is 0 Å². The smallest absolute Gasteiger partial charge is 0.332 e. The molecule has 0 saturated carbocycles. The molecule has 0 aliphatic carbocycles. The first kappa shape index (κ1) is 16.0. The molecular weight excluding hydrogens is 276 g/mol. The predicted molar refractivity (Wildman–Crippen MR) is 75.1 cm³/mol. The van der Waals surface area contributed by atoms with E-state index in [-0.39, 0.29) is 17.6 Å². The molecule has 2 heterocycles. The topological polar surface area (TPSA) is 96.9 Å². The fourth-order valence-corrected chi connectivity index (χ4v) is 2.64. The molecule has 2 aliphatic rings. The number of urea groups is 1. The van der Waals surface area contributed by atoms with Gasteiger partial charge in [0.25, 0.3) is 0 Å². The first-order valence-corrected chi connectivity index (χ1v) is 7.46. The first-order chi connectivity index (χ1) is 9.98. The number of ether oxygens (including phenoxy) is 2. The van der Waals surface area contributed by atoms with Gasteiger partial charge < -0.3 is 25.2 Å². The van der Waals surface area contributed by atoms with Gasteiger partial charge in [0, 0.05) is 26.3 Å². The van der Waals surface area contributed by atoms with Crippen molar-refractivity contribution in [2.75, 3.05) is 26.3 Å². The minimum absolute atomic E-state index is 0.0911. The molecule has 3 N–H and O–H groups in total. The van der Waals surface area contributed by atoms with Crippen LogP contribution >= 0.6 is 0 Å². The number of carboxylic acid groups (broad SMARTS) is 1. The van der Waals surface area contributed by atoms with Crippen LogP contribution in [0.15, 0.2) is 0 Å². The molecule has 0 radical (unpaired) electrons. The summed E-state index contributed by atoms with van der Waals surface area (Å²) in [4.78, 5) is 22.5. The number of nitrogens with one attached hydrogen (secondary N) is 2. The molecule has 2 rings (SSSR count). The van der Waals surface area contributed by atoms with E-state index in [4.69, 9.17) is 14.6 Å². The monoisotopic (exact) mass is 300 g/mol. The highest BCUT2D eigenvalue weighted by Crippen LogP contribution is 2.28. The van der Waals surface area contributed by atoms with Crippen molar-refractivity contribution in [1.29, 1.82) is 0 Å². The molecule has 0 aromatic carbocycles. The third kappa shape index (κ3) is 4.86. The second kappa shape index (κ2) is 7.09. The summed E-state index contributed by atoms with van der Waals surface area (Å²) in [5.41, 5.74) is 0.0911. The lowest BCUT2D eigenvalue weighted by molar-refractivity contribution is -0.149. The van der Waals surface area contributed by atoms with Crippen LogP contribution in [0.5, 0.6) is 0 Å². The van der Waals surface area contributed by atoms with Crippen molar-refractivity contribution in [3.63, 3.8) is 0 Å². The van der Waals surface area contributed by atoms with Gasteiger partial charge >= 0.3 is 12.0 Å². The minimum atomic E-state index is -0.936. The van der Waals surface area contributed by atoms with Crippen molar-refractivity contribution in [1.82, 2.24) is 10.6 Å². The van der Waals surface area contributed by atoms with Crippen molar-refractivity contribution in [3.05, 3.63) is 0 Å². The second-order valence-corrected chi connectivity index (χ2v) is 6.15. The average Bonchev–Trinajstić information content (AvgIpc) is 2.93. The van der Waals surface area contributed by atoms with E-state index < -0.39 is 12.1 Å². The van der Waals surface area contributed by atoms with E-state index in [1.807, 2.05) is 0 Å². The maximum absolute atomic E-state index is 11.8. The normalized spacial score (nSPS) is 28.0. The Morgan fingerprint density at radius 1 is 1.24 bits per heavy atom. The molecule has 2 fully saturated rings. The lowest BCUT2D eigenvalue weighted by atomic mass is 9.82. The maximum Gasteiger partial charge on any atom is 0.332 e. The van der Waals surface area contributed by atoms with E-state index in [0.29, 0.717) is 25.9 Å². The average molecular weight is 300 g/mol. The molecule has 0 aromatic heterocycles. The van der Waals surface area contributed by atoms with Gasteiger partial charge in [0.2, 0.25) is 0 Å². The summed E-state index contributed by atoms with van der Waals surface area (Å²) in [6.07, 6.45) is 2.10. The molecule has 0 aromatic rings. The van der Waals surface area contributed by atoms with Gasteiger partial charge in [-0.3, -0.25) is 0 Å². The Hall–Kier alpha value is -1.34. The summed E-state index contributed by atoms with van der Waals surface area (Å²) in [5, 5.41) is 14.4. The molecule has 7 heteroatoms. The molecule has 0 spiro atoms. The Kier molecular flexibility index (Phi) is 5.41. The largest absolute Gasteiger partial charge is 0.479 e. The molecule has 120 valence electrons. The van der Waals surface area contributed by atoms with Crippen LogP contribution in [0.1, 0.15) is 32.6 Å². The maximum atomic E-state index is 11.8. The SMILES string of the molecule is CC1(CNC(=O)NCC2CCC(C(=O)O)O2)CCOCC1. The molecule has 2 atom stereocenters. The van der Waals surface area contributed by atoms with Crippen molar-refractivity contribution in [2.24, 2.45) is 5.41 Å². The first-order valence-electron chi connectivity index (χ1n) is 7.46. The van der Waals surface area contributed by atoms with Gasteiger partial charge in [-0.15, -0.1) is 0 Å². The molecule has 2 aliphatic heterocycles. The summed E-state index contributed by atoms with van der Waals surface area (Å²) in [7, 11) is 0. The molecule has 0 bridgehead atoms. The zero-order valence-electron chi connectivity index (χ0n) is 12.4. The highest BCUT2D eigenvalue weighted by molar-refractivity contribution is 5.74. The summed E-state index contributed by atoms with van der Waals surface area (Å²) in [6.45, 7) is 4.59. The highest BCUT2D eigenvalue weighted by Gasteiger charge is 2.31. The number of carbonyl (C=O) groups excluding carboxylic acids is 1. The lowest BCUT2D eigenvalue weighted by Crippen LogP contribution is -2.45. The standard InChI is InChI=1S/C14H24N2O5/c1-14(4-6-20-7-5-14)9-16-13(19)15-8-10-2-3-11(21-10)12(17)18/h10-11H,2-9H2,1H3,(H,17,18)(H2,15,16,19). The van der Waals surface area contributed by atoms with E-state index in [1.165, 1.54) is 0 Å². The lowest BCUT2D eigenvalue weighted by Gasteiger charge is -2.33.